The van der Waals surface area contributed by atoms with Gasteiger partial charge < -0.3 is 15.5 Å². The third kappa shape index (κ3) is 5.31. The molecule has 2 aromatic heterocycles. The van der Waals surface area contributed by atoms with Crippen molar-refractivity contribution in [3.8, 4) is 0 Å². The molecule has 0 atom stereocenters. The number of aryl methyl sites for hydroxylation is 1. The second-order valence-electron chi connectivity index (χ2n) is 6.77. The molecule has 3 aromatic rings. The SMILES string of the molecule is CCN(CC)c1ccc(Nc2ccc(C(=O)NCc3ccncc3)cn2)c(C)c1. The lowest BCUT2D eigenvalue weighted by molar-refractivity contribution is 0.0950. The number of amides is 1. The van der Waals surface area contributed by atoms with Gasteiger partial charge in [-0.25, -0.2) is 4.98 Å². The van der Waals surface area contributed by atoms with Crippen LogP contribution < -0.4 is 15.5 Å². The number of carbonyl (C=O) groups excluding carboxylic acids is 1. The minimum Gasteiger partial charge on any atom is -0.372 e. The summed E-state index contributed by atoms with van der Waals surface area (Å²) >= 11 is 0. The predicted molar refractivity (Wildman–Crippen MR) is 118 cm³/mol. The Hall–Kier alpha value is -3.41. The summed E-state index contributed by atoms with van der Waals surface area (Å²) in [6, 6.07) is 13.7. The van der Waals surface area contributed by atoms with Crippen molar-refractivity contribution in [3.63, 3.8) is 0 Å². The molecule has 1 amide bonds. The van der Waals surface area contributed by atoms with E-state index in [0.717, 1.165) is 29.9 Å². The quantitative estimate of drug-likeness (QED) is 0.601. The monoisotopic (exact) mass is 389 g/mol. The molecule has 0 spiro atoms. The summed E-state index contributed by atoms with van der Waals surface area (Å²) in [6.07, 6.45) is 5.00. The molecule has 0 saturated heterocycles. The van der Waals surface area contributed by atoms with Gasteiger partial charge >= 0.3 is 0 Å². The van der Waals surface area contributed by atoms with Crippen LogP contribution in [-0.2, 0) is 6.54 Å². The normalized spacial score (nSPS) is 10.4. The molecule has 0 aliphatic rings. The lowest BCUT2D eigenvalue weighted by Gasteiger charge is -2.22. The highest BCUT2D eigenvalue weighted by atomic mass is 16.1. The number of nitrogens with zero attached hydrogens (tertiary/aromatic N) is 3. The molecule has 0 radical (unpaired) electrons. The van der Waals surface area contributed by atoms with E-state index in [-0.39, 0.29) is 5.91 Å². The molecule has 29 heavy (non-hydrogen) atoms. The van der Waals surface area contributed by atoms with E-state index in [1.54, 1.807) is 24.7 Å². The van der Waals surface area contributed by atoms with Gasteiger partial charge in [-0.3, -0.25) is 9.78 Å². The standard InChI is InChI=1S/C23H27N5O/c1-4-28(5-2)20-7-8-21(17(3)14-20)27-22-9-6-19(16-25-22)23(29)26-15-18-10-12-24-13-11-18/h6-14,16H,4-5,15H2,1-3H3,(H,25,27)(H,26,29). The third-order valence-electron chi connectivity index (χ3n) is 4.83. The number of aromatic nitrogens is 2. The number of nitrogens with one attached hydrogen (secondary N) is 2. The van der Waals surface area contributed by atoms with Crippen molar-refractivity contribution >= 4 is 23.1 Å². The lowest BCUT2D eigenvalue weighted by Crippen LogP contribution is -2.22. The van der Waals surface area contributed by atoms with Crippen LogP contribution in [0.1, 0.15) is 35.3 Å². The summed E-state index contributed by atoms with van der Waals surface area (Å²) < 4.78 is 0. The summed E-state index contributed by atoms with van der Waals surface area (Å²) in [7, 11) is 0. The number of rotatable bonds is 8. The Labute approximate surface area is 172 Å². The Kier molecular flexibility index (Phi) is 6.79. The molecular weight excluding hydrogens is 362 g/mol. The van der Waals surface area contributed by atoms with E-state index >= 15 is 0 Å². The Morgan fingerprint density at radius 3 is 2.41 bits per heavy atom. The van der Waals surface area contributed by atoms with Crippen LogP contribution in [0.5, 0.6) is 0 Å². The first-order valence-electron chi connectivity index (χ1n) is 9.86. The minimum atomic E-state index is -0.152. The van der Waals surface area contributed by atoms with Crippen molar-refractivity contribution in [2.45, 2.75) is 27.3 Å². The van der Waals surface area contributed by atoms with Crippen molar-refractivity contribution in [2.24, 2.45) is 0 Å². The first-order valence-corrected chi connectivity index (χ1v) is 9.86. The van der Waals surface area contributed by atoms with E-state index in [1.807, 2.05) is 18.2 Å². The molecule has 2 N–H and O–H groups in total. The summed E-state index contributed by atoms with van der Waals surface area (Å²) in [6.45, 7) is 8.81. The highest BCUT2D eigenvalue weighted by Gasteiger charge is 2.08. The summed E-state index contributed by atoms with van der Waals surface area (Å²) in [4.78, 5) is 23.0. The molecule has 6 nitrogen and oxygen atoms in total. The molecule has 0 aliphatic carbocycles. The van der Waals surface area contributed by atoms with Crippen molar-refractivity contribution in [1.82, 2.24) is 15.3 Å². The average Bonchev–Trinajstić information content (AvgIpc) is 2.76. The van der Waals surface area contributed by atoms with E-state index in [0.29, 0.717) is 17.9 Å². The molecular formula is C23H27N5O. The number of hydrogen-bond acceptors (Lipinski definition) is 5. The Balaban J connectivity index is 1.62. The van der Waals surface area contributed by atoms with Crippen LogP contribution in [-0.4, -0.2) is 29.0 Å². The average molecular weight is 390 g/mol. The molecule has 0 unspecified atom stereocenters. The number of pyridine rings is 2. The van der Waals surface area contributed by atoms with Crippen molar-refractivity contribution in [1.29, 1.82) is 0 Å². The van der Waals surface area contributed by atoms with E-state index in [4.69, 9.17) is 0 Å². The van der Waals surface area contributed by atoms with Crippen LogP contribution >= 0.6 is 0 Å². The summed E-state index contributed by atoms with van der Waals surface area (Å²) in [5, 5.41) is 6.22. The van der Waals surface area contributed by atoms with E-state index in [2.05, 4.69) is 64.5 Å². The molecule has 0 saturated carbocycles. The number of benzene rings is 1. The Bertz CT molecular complexity index is 937. The van der Waals surface area contributed by atoms with Crippen LogP contribution in [0.4, 0.5) is 17.2 Å². The second kappa shape index (κ2) is 9.68. The van der Waals surface area contributed by atoms with Gasteiger partial charge in [-0.1, -0.05) is 0 Å². The van der Waals surface area contributed by atoms with Gasteiger partial charge in [-0.2, -0.15) is 0 Å². The smallest absolute Gasteiger partial charge is 0.253 e. The third-order valence-corrected chi connectivity index (χ3v) is 4.83. The highest BCUT2D eigenvalue weighted by molar-refractivity contribution is 5.94. The van der Waals surface area contributed by atoms with Gasteiger partial charge in [0.05, 0.1) is 5.56 Å². The van der Waals surface area contributed by atoms with Crippen molar-refractivity contribution in [3.05, 3.63) is 77.7 Å². The fourth-order valence-corrected chi connectivity index (χ4v) is 3.10. The van der Waals surface area contributed by atoms with E-state index < -0.39 is 0 Å². The van der Waals surface area contributed by atoms with Crippen LogP contribution in [0.25, 0.3) is 0 Å². The molecule has 0 aliphatic heterocycles. The number of carbonyl (C=O) groups is 1. The fraction of sp³-hybridized carbons (Fsp3) is 0.261. The largest absolute Gasteiger partial charge is 0.372 e. The summed E-state index contributed by atoms with van der Waals surface area (Å²) in [5.41, 5.74) is 4.90. The van der Waals surface area contributed by atoms with Crippen LogP contribution in [0.3, 0.4) is 0 Å². The van der Waals surface area contributed by atoms with E-state index in [9.17, 15) is 4.79 Å². The van der Waals surface area contributed by atoms with Gasteiger partial charge in [0.25, 0.3) is 5.91 Å². The molecule has 6 heteroatoms. The number of hydrogen-bond donors (Lipinski definition) is 2. The minimum absolute atomic E-state index is 0.152. The van der Waals surface area contributed by atoms with Crippen molar-refractivity contribution < 1.29 is 4.79 Å². The van der Waals surface area contributed by atoms with Gasteiger partial charge in [-0.15, -0.1) is 0 Å². The van der Waals surface area contributed by atoms with Crippen molar-refractivity contribution in [2.75, 3.05) is 23.3 Å². The molecule has 2 heterocycles. The van der Waals surface area contributed by atoms with Gasteiger partial charge in [0.1, 0.15) is 5.82 Å². The maximum absolute atomic E-state index is 12.3. The molecule has 150 valence electrons. The molecule has 0 fully saturated rings. The maximum atomic E-state index is 12.3. The zero-order chi connectivity index (χ0) is 20.6. The number of anilines is 3. The fourth-order valence-electron chi connectivity index (χ4n) is 3.10. The predicted octanol–water partition coefficient (Wildman–Crippen LogP) is 4.30. The first-order chi connectivity index (χ1) is 14.1. The Morgan fingerprint density at radius 1 is 1.03 bits per heavy atom. The van der Waals surface area contributed by atoms with Crippen LogP contribution in [0.2, 0.25) is 0 Å². The molecule has 1 aromatic carbocycles. The molecule has 0 bridgehead atoms. The lowest BCUT2D eigenvalue weighted by atomic mass is 10.1. The zero-order valence-electron chi connectivity index (χ0n) is 17.1. The highest BCUT2D eigenvalue weighted by Crippen LogP contribution is 2.25. The van der Waals surface area contributed by atoms with Gasteiger partial charge in [0.15, 0.2) is 0 Å². The molecule has 3 rings (SSSR count). The van der Waals surface area contributed by atoms with Crippen LogP contribution in [0, 0.1) is 6.92 Å². The zero-order valence-corrected chi connectivity index (χ0v) is 17.1. The maximum Gasteiger partial charge on any atom is 0.253 e. The van der Waals surface area contributed by atoms with Crippen LogP contribution in [0.15, 0.2) is 61.1 Å². The Morgan fingerprint density at radius 2 is 1.79 bits per heavy atom. The van der Waals surface area contributed by atoms with E-state index in [1.165, 1.54) is 5.69 Å². The van der Waals surface area contributed by atoms with Gasteiger partial charge in [0.2, 0.25) is 0 Å². The van der Waals surface area contributed by atoms with Gasteiger partial charge in [0, 0.05) is 49.6 Å². The summed E-state index contributed by atoms with van der Waals surface area (Å²) in [5.74, 6) is 0.551. The topological polar surface area (TPSA) is 70.2 Å². The van der Waals surface area contributed by atoms with Gasteiger partial charge in [-0.05, 0) is 74.4 Å². The first kappa shape index (κ1) is 20.3. The second-order valence-corrected chi connectivity index (χ2v) is 6.77.